The fourth-order valence-electron chi connectivity index (χ4n) is 2.01. The molecule has 1 aromatic carbocycles. The van der Waals surface area contributed by atoms with E-state index in [0.29, 0.717) is 5.56 Å². The normalized spacial score (nSPS) is 11.8. The lowest BCUT2D eigenvalue weighted by Gasteiger charge is -2.14. The second-order valence-corrected chi connectivity index (χ2v) is 4.83. The number of nitrogens with zero attached hydrogens (tertiary/aromatic N) is 1. The first-order chi connectivity index (χ1) is 9.66. The molecule has 0 unspecified atom stereocenters. The maximum absolute atomic E-state index is 12.1. The molecule has 0 radical (unpaired) electrons. The lowest BCUT2D eigenvalue weighted by atomic mass is 10.1. The molecule has 1 amide bonds. The van der Waals surface area contributed by atoms with Crippen molar-refractivity contribution in [2.24, 2.45) is 0 Å². The van der Waals surface area contributed by atoms with Crippen molar-refractivity contribution in [2.75, 3.05) is 5.73 Å². The van der Waals surface area contributed by atoms with Crippen molar-refractivity contribution in [1.82, 2.24) is 10.3 Å². The maximum atomic E-state index is 12.1. The molecule has 0 spiro atoms. The van der Waals surface area contributed by atoms with Crippen LogP contribution in [-0.4, -0.2) is 16.9 Å². The predicted octanol–water partition coefficient (Wildman–Crippen LogP) is 2.41. The van der Waals surface area contributed by atoms with Gasteiger partial charge in [-0.25, -0.2) is 4.98 Å². The highest BCUT2D eigenvalue weighted by molar-refractivity contribution is 5.98. The first-order valence-corrected chi connectivity index (χ1v) is 6.72. The van der Waals surface area contributed by atoms with E-state index in [1.165, 1.54) is 5.56 Å². The van der Waals surface area contributed by atoms with Gasteiger partial charge in [0.2, 0.25) is 0 Å². The molecule has 1 heterocycles. The highest BCUT2D eigenvalue weighted by Crippen LogP contribution is 2.09. The van der Waals surface area contributed by atoms with E-state index < -0.39 is 0 Å². The molecule has 2 rings (SSSR count). The summed E-state index contributed by atoms with van der Waals surface area (Å²) in [5, 5.41) is 2.95. The van der Waals surface area contributed by atoms with Gasteiger partial charge in [0.1, 0.15) is 5.82 Å². The van der Waals surface area contributed by atoms with E-state index >= 15 is 0 Å². The van der Waals surface area contributed by atoms with Gasteiger partial charge >= 0.3 is 0 Å². The van der Waals surface area contributed by atoms with E-state index in [9.17, 15) is 4.79 Å². The topological polar surface area (TPSA) is 68.0 Å². The largest absolute Gasteiger partial charge is 0.383 e. The van der Waals surface area contributed by atoms with Gasteiger partial charge < -0.3 is 11.1 Å². The number of hydrogen-bond acceptors (Lipinski definition) is 3. The maximum Gasteiger partial charge on any atom is 0.255 e. The number of benzene rings is 1. The van der Waals surface area contributed by atoms with Crippen molar-refractivity contribution in [3.63, 3.8) is 0 Å². The Morgan fingerprint density at radius 2 is 2.00 bits per heavy atom. The Hall–Kier alpha value is -2.36. The molecular weight excluding hydrogens is 250 g/mol. The van der Waals surface area contributed by atoms with Gasteiger partial charge in [-0.15, -0.1) is 0 Å². The minimum atomic E-state index is -0.170. The van der Waals surface area contributed by atoms with Gasteiger partial charge in [0.25, 0.3) is 5.91 Å². The summed E-state index contributed by atoms with van der Waals surface area (Å²) in [6, 6.07) is 13.7. The Morgan fingerprint density at radius 1 is 1.25 bits per heavy atom. The first-order valence-electron chi connectivity index (χ1n) is 6.72. The number of aromatic nitrogens is 1. The smallest absolute Gasteiger partial charge is 0.255 e. The monoisotopic (exact) mass is 269 g/mol. The average molecular weight is 269 g/mol. The van der Waals surface area contributed by atoms with Crippen LogP contribution in [0.2, 0.25) is 0 Å². The summed E-state index contributed by atoms with van der Waals surface area (Å²) in [6.07, 6.45) is 3.39. The molecule has 4 nitrogen and oxygen atoms in total. The van der Waals surface area contributed by atoms with Crippen LogP contribution in [0.4, 0.5) is 5.82 Å². The number of amides is 1. The molecule has 20 heavy (non-hydrogen) atoms. The Morgan fingerprint density at radius 3 is 2.70 bits per heavy atom. The summed E-state index contributed by atoms with van der Waals surface area (Å²) < 4.78 is 0. The molecule has 0 fully saturated rings. The SMILES string of the molecule is C[C@H](CCc1ccccc1)NC(=O)c1cccnc1N. The number of pyridine rings is 1. The van der Waals surface area contributed by atoms with Gasteiger partial charge in [-0.1, -0.05) is 30.3 Å². The van der Waals surface area contributed by atoms with Crippen molar-refractivity contribution >= 4 is 11.7 Å². The third kappa shape index (κ3) is 3.82. The number of anilines is 1. The van der Waals surface area contributed by atoms with Crippen molar-refractivity contribution in [2.45, 2.75) is 25.8 Å². The number of carbonyl (C=O) groups excluding carboxylic acids is 1. The van der Waals surface area contributed by atoms with Crippen molar-refractivity contribution < 1.29 is 4.79 Å². The third-order valence-electron chi connectivity index (χ3n) is 3.17. The summed E-state index contributed by atoms with van der Waals surface area (Å²) in [6.45, 7) is 1.99. The molecule has 0 aliphatic heterocycles. The molecule has 0 bridgehead atoms. The number of carbonyl (C=O) groups is 1. The number of aryl methyl sites for hydroxylation is 1. The molecule has 0 aliphatic rings. The predicted molar refractivity (Wildman–Crippen MR) is 80.3 cm³/mol. The molecule has 104 valence electrons. The Kier molecular flexibility index (Phi) is 4.71. The summed E-state index contributed by atoms with van der Waals surface area (Å²) in [5.41, 5.74) is 7.39. The van der Waals surface area contributed by atoms with Crippen molar-refractivity contribution in [3.05, 3.63) is 59.8 Å². The lowest BCUT2D eigenvalue weighted by Crippen LogP contribution is -2.33. The molecule has 0 saturated carbocycles. The minimum Gasteiger partial charge on any atom is -0.383 e. The highest BCUT2D eigenvalue weighted by atomic mass is 16.1. The number of nitrogens with two attached hydrogens (primary N) is 1. The van der Waals surface area contributed by atoms with Crippen molar-refractivity contribution in [3.8, 4) is 0 Å². The molecule has 1 aromatic heterocycles. The standard InChI is InChI=1S/C16H19N3O/c1-12(9-10-13-6-3-2-4-7-13)19-16(20)14-8-5-11-18-15(14)17/h2-8,11-12H,9-10H2,1H3,(H2,17,18)(H,19,20)/t12-/m1/s1. The number of nitrogens with one attached hydrogen (secondary N) is 1. The fraction of sp³-hybridized carbons (Fsp3) is 0.250. The van der Waals surface area contributed by atoms with Crippen molar-refractivity contribution in [1.29, 1.82) is 0 Å². The summed E-state index contributed by atoms with van der Waals surface area (Å²) in [4.78, 5) is 16.0. The second-order valence-electron chi connectivity index (χ2n) is 4.83. The van der Waals surface area contributed by atoms with Gasteiger partial charge in [0.05, 0.1) is 5.56 Å². The second kappa shape index (κ2) is 6.70. The van der Waals surface area contributed by atoms with Gasteiger partial charge in [-0.2, -0.15) is 0 Å². The van der Waals surface area contributed by atoms with Crippen LogP contribution >= 0.6 is 0 Å². The average Bonchev–Trinajstić information content (AvgIpc) is 2.46. The van der Waals surface area contributed by atoms with Crippen LogP contribution in [0.15, 0.2) is 48.7 Å². The number of hydrogen-bond donors (Lipinski definition) is 2. The number of nitrogen functional groups attached to an aromatic ring is 1. The van der Waals surface area contributed by atoms with Crippen LogP contribution in [0.5, 0.6) is 0 Å². The Balaban J connectivity index is 1.87. The fourth-order valence-corrected chi connectivity index (χ4v) is 2.01. The van der Waals surface area contributed by atoms with Gasteiger partial charge in [0, 0.05) is 12.2 Å². The van der Waals surface area contributed by atoms with Gasteiger partial charge in [0.15, 0.2) is 0 Å². The molecule has 3 N–H and O–H groups in total. The van der Waals surface area contributed by atoms with Gasteiger partial charge in [-0.05, 0) is 37.5 Å². The van der Waals surface area contributed by atoms with E-state index in [4.69, 9.17) is 5.73 Å². The van der Waals surface area contributed by atoms with Crippen LogP contribution in [0.3, 0.4) is 0 Å². The van der Waals surface area contributed by atoms with E-state index in [2.05, 4.69) is 22.4 Å². The zero-order chi connectivity index (χ0) is 14.4. The quantitative estimate of drug-likeness (QED) is 0.876. The van der Waals surface area contributed by atoms with Crippen LogP contribution in [0, 0.1) is 0 Å². The Labute approximate surface area is 119 Å². The molecule has 1 atom stereocenters. The minimum absolute atomic E-state index is 0.0855. The van der Waals surface area contributed by atoms with Crippen LogP contribution < -0.4 is 11.1 Å². The van der Waals surface area contributed by atoms with Gasteiger partial charge in [-0.3, -0.25) is 4.79 Å². The third-order valence-corrected chi connectivity index (χ3v) is 3.17. The first kappa shape index (κ1) is 14.1. The molecule has 4 heteroatoms. The van der Waals surface area contributed by atoms with E-state index in [1.807, 2.05) is 25.1 Å². The molecular formula is C16H19N3O. The highest BCUT2D eigenvalue weighted by Gasteiger charge is 2.12. The summed E-state index contributed by atoms with van der Waals surface area (Å²) in [5.74, 6) is 0.0939. The molecule has 0 saturated heterocycles. The Bertz CT molecular complexity index is 569. The molecule has 0 aliphatic carbocycles. The van der Waals surface area contributed by atoms with E-state index in [1.54, 1.807) is 18.3 Å². The van der Waals surface area contributed by atoms with E-state index in [0.717, 1.165) is 12.8 Å². The lowest BCUT2D eigenvalue weighted by molar-refractivity contribution is 0.0939. The summed E-state index contributed by atoms with van der Waals surface area (Å²) in [7, 11) is 0. The number of rotatable bonds is 5. The summed E-state index contributed by atoms with van der Waals surface area (Å²) >= 11 is 0. The van der Waals surface area contributed by atoms with Crippen LogP contribution in [0.25, 0.3) is 0 Å². The zero-order valence-corrected chi connectivity index (χ0v) is 11.5. The van der Waals surface area contributed by atoms with Crippen LogP contribution in [0.1, 0.15) is 29.3 Å². The van der Waals surface area contributed by atoms with Crippen LogP contribution in [-0.2, 0) is 6.42 Å². The molecule has 2 aromatic rings. The zero-order valence-electron chi connectivity index (χ0n) is 11.5. The van der Waals surface area contributed by atoms with E-state index in [-0.39, 0.29) is 17.8 Å².